The third-order valence-electron chi connectivity index (χ3n) is 9.56. The van der Waals surface area contributed by atoms with Crippen molar-refractivity contribution >= 4 is 17.9 Å². The van der Waals surface area contributed by atoms with Crippen molar-refractivity contribution in [1.29, 1.82) is 0 Å². The molecule has 0 heterocycles. The van der Waals surface area contributed by atoms with E-state index >= 15 is 0 Å². The largest absolute Gasteiger partial charge is 0.462 e. The summed E-state index contributed by atoms with van der Waals surface area (Å²) in [6.07, 6.45) is 31.3. The summed E-state index contributed by atoms with van der Waals surface area (Å²) in [7, 11) is 0. The van der Waals surface area contributed by atoms with Crippen LogP contribution < -0.4 is 0 Å². The summed E-state index contributed by atoms with van der Waals surface area (Å²) < 4.78 is 16.6. The van der Waals surface area contributed by atoms with Gasteiger partial charge in [0, 0.05) is 19.3 Å². The highest BCUT2D eigenvalue weighted by atomic mass is 16.6. The highest BCUT2D eigenvalue weighted by molar-refractivity contribution is 5.71. The Hall–Kier alpha value is -1.59. The summed E-state index contributed by atoms with van der Waals surface area (Å²) in [5.41, 5.74) is 0. The molecule has 46 heavy (non-hydrogen) atoms. The highest BCUT2D eigenvalue weighted by Gasteiger charge is 2.34. The fourth-order valence-electron chi connectivity index (χ4n) is 6.45. The smallest absolute Gasteiger partial charge is 0.306 e. The molecule has 0 radical (unpaired) electrons. The van der Waals surface area contributed by atoms with Crippen LogP contribution in [-0.2, 0) is 28.6 Å². The standard InChI is InChI=1S/C40H74O6/c1-4-7-9-11-13-15-17-19-24-29-38(41)44-33-37(46-40(43)31-26-20-18-16-14-12-10-8-5-2)34-45-39(42)30-25-22-21-23-28-36-32-35(36)27-6-3/h35-37H,4-34H2,1-3H3. The molecule has 0 spiro atoms. The molecule has 0 aromatic rings. The van der Waals surface area contributed by atoms with Crippen molar-refractivity contribution in [3.63, 3.8) is 0 Å². The molecule has 0 bridgehead atoms. The van der Waals surface area contributed by atoms with E-state index < -0.39 is 6.10 Å². The fourth-order valence-corrected chi connectivity index (χ4v) is 6.45. The number of unbranched alkanes of at least 4 members (excludes halogenated alkanes) is 19. The molecular weight excluding hydrogens is 576 g/mol. The second-order valence-electron chi connectivity index (χ2n) is 14.1. The van der Waals surface area contributed by atoms with Crippen molar-refractivity contribution in [3.05, 3.63) is 0 Å². The molecule has 1 rings (SSSR count). The zero-order valence-corrected chi connectivity index (χ0v) is 30.6. The van der Waals surface area contributed by atoms with Crippen molar-refractivity contribution in [1.82, 2.24) is 0 Å². The van der Waals surface area contributed by atoms with Gasteiger partial charge in [0.2, 0.25) is 0 Å². The van der Waals surface area contributed by atoms with E-state index in [4.69, 9.17) is 14.2 Å². The number of rotatable bonds is 34. The van der Waals surface area contributed by atoms with Crippen LogP contribution in [0.2, 0.25) is 0 Å². The lowest BCUT2D eigenvalue weighted by Gasteiger charge is -2.18. The lowest BCUT2D eigenvalue weighted by molar-refractivity contribution is -0.167. The molecule has 3 atom stereocenters. The number of ether oxygens (including phenoxy) is 3. The summed E-state index contributed by atoms with van der Waals surface area (Å²) in [4.78, 5) is 37.4. The Bertz CT molecular complexity index is 737. The predicted octanol–water partition coefficient (Wildman–Crippen LogP) is 11.6. The quantitative estimate of drug-likeness (QED) is 0.0392. The number of hydrogen-bond acceptors (Lipinski definition) is 6. The zero-order valence-electron chi connectivity index (χ0n) is 30.6. The average molecular weight is 651 g/mol. The van der Waals surface area contributed by atoms with Crippen molar-refractivity contribution in [2.24, 2.45) is 11.8 Å². The Kier molecular flexibility index (Phi) is 28.3. The Balaban J connectivity index is 2.28. The summed E-state index contributed by atoms with van der Waals surface area (Å²) in [6, 6.07) is 0. The van der Waals surface area contributed by atoms with Gasteiger partial charge in [-0.1, -0.05) is 162 Å². The van der Waals surface area contributed by atoms with Gasteiger partial charge in [-0.15, -0.1) is 0 Å². The minimum absolute atomic E-state index is 0.0614. The Morgan fingerprint density at radius 1 is 0.457 bits per heavy atom. The summed E-state index contributed by atoms with van der Waals surface area (Å²) in [6.45, 7) is 6.61. The molecule has 1 fully saturated rings. The Morgan fingerprint density at radius 2 is 0.826 bits per heavy atom. The van der Waals surface area contributed by atoms with E-state index in [1.807, 2.05) is 0 Å². The van der Waals surface area contributed by atoms with Gasteiger partial charge in [0.25, 0.3) is 0 Å². The predicted molar refractivity (Wildman–Crippen MR) is 190 cm³/mol. The molecule has 0 saturated heterocycles. The maximum atomic E-state index is 12.6. The molecule has 0 amide bonds. The highest BCUT2D eigenvalue weighted by Crippen LogP contribution is 2.45. The first-order valence-corrected chi connectivity index (χ1v) is 20.0. The van der Waals surface area contributed by atoms with E-state index in [1.54, 1.807) is 0 Å². The van der Waals surface area contributed by atoms with Crippen LogP contribution in [0.4, 0.5) is 0 Å². The normalized spacial score (nSPS) is 16.2. The van der Waals surface area contributed by atoms with Gasteiger partial charge in [-0.3, -0.25) is 14.4 Å². The van der Waals surface area contributed by atoms with Gasteiger partial charge >= 0.3 is 17.9 Å². The summed E-state index contributed by atoms with van der Waals surface area (Å²) >= 11 is 0. The second-order valence-corrected chi connectivity index (χ2v) is 14.1. The number of hydrogen-bond donors (Lipinski definition) is 0. The lowest BCUT2D eigenvalue weighted by atomic mass is 10.1. The SMILES string of the molecule is CCCCCCCCCCCC(=O)OCC(COC(=O)CCCCCCC1CC1CCC)OC(=O)CCCCCCCCCCC. The van der Waals surface area contributed by atoms with Crippen molar-refractivity contribution in [3.8, 4) is 0 Å². The van der Waals surface area contributed by atoms with Crippen molar-refractivity contribution in [2.45, 2.75) is 213 Å². The van der Waals surface area contributed by atoms with E-state index in [1.165, 1.54) is 109 Å². The van der Waals surface area contributed by atoms with Gasteiger partial charge in [-0.05, 0) is 37.5 Å². The van der Waals surface area contributed by atoms with E-state index in [0.717, 1.165) is 69.6 Å². The van der Waals surface area contributed by atoms with Crippen LogP contribution in [0.1, 0.15) is 207 Å². The third kappa shape index (κ3) is 26.5. The first kappa shape index (κ1) is 42.4. The number of carbonyl (C=O) groups is 3. The van der Waals surface area contributed by atoms with E-state index in [2.05, 4.69) is 20.8 Å². The van der Waals surface area contributed by atoms with E-state index in [9.17, 15) is 14.4 Å². The molecule has 3 unspecified atom stereocenters. The lowest BCUT2D eigenvalue weighted by Crippen LogP contribution is -2.30. The van der Waals surface area contributed by atoms with Crippen LogP contribution in [-0.4, -0.2) is 37.2 Å². The van der Waals surface area contributed by atoms with Crippen LogP contribution in [0.25, 0.3) is 0 Å². The minimum atomic E-state index is -0.753. The van der Waals surface area contributed by atoms with Crippen LogP contribution >= 0.6 is 0 Å². The fraction of sp³-hybridized carbons (Fsp3) is 0.925. The van der Waals surface area contributed by atoms with Gasteiger partial charge in [0.1, 0.15) is 13.2 Å². The first-order chi connectivity index (χ1) is 22.5. The first-order valence-electron chi connectivity index (χ1n) is 20.0. The zero-order chi connectivity index (χ0) is 33.5. The molecule has 0 aromatic carbocycles. The van der Waals surface area contributed by atoms with Gasteiger partial charge in [-0.25, -0.2) is 0 Å². The summed E-state index contributed by atoms with van der Waals surface area (Å²) in [5.74, 6) is 1.06. The number of carbonyl (C=O) groups excluding carboxylic acids is 3. The molecule has 6 nitrogen and oxygen atoms in total. The molecule has 0 N–H and O–H groups in total. The maximum absolute atomic E-state index is 12.6. The molecule has 270 valence electrons. The monoisotopic (exact) mass is 651 g/mol. The summed E-state index contributed by atoms with van der Waals surface area (Å²) in [5, 5.41) is 0. The van der Waals surface area contributed by atoms with Crippen molar-refractivity contribution in [2.75, 3.05) is 13.2 Å². The molecule has 1 aliphatic rings. The van der Waals surface area contributed by atoms with Gasteiger partial charge in [0.05, 0.1) is 0 Å². The van der Waals surface area contributed by atoms with Crippen LogP contribution in [0.5, 0.6) is 0 Å². The molecule has 6 heteroatoms. The third-order valence-corrected chi connectivity index (χ3v) is 9.56. The van der Waals surface area contributed by atoms with Crippen LogP contribution in [0.15, 0.2) is 0 Å². The maximum Gasteiger partial charge on any atom is 0.306 e. The minimum Gasteiger partial charge on any atom is -0.462 e. The average Bonchev–Trinajstić information content (AvgIpc) is 3.79. The van der Waals surface area contributed by atoms with Crippen molar-refractivity contribution < 1.29 is 28.6 Å². The Labute approximate surface area is 284 Å². The topological polar surface area (TPSA) is 78.9 Å². The van der Waals surface area contributed by atoms with Crippen LogP contribution in [0.3, 0.4) is 0 Å². The molecule has 0 aliphatic heterocycles. The van der Waals surface area contributed by atoms with E-state index in [0.29, 0.717) is 19.3 Å². The molecule has 0 aromatic heterocycles. The molecule has 1 saturated carbocycles. The van der Waals surface area contributed by atoms with Gasteiger partial charge in [0.15, 0.2) is 6.10 Å². The van der Waals surface area contributed by atoms with E-state index in [-0.39, 0.29) is 31.1 Å². The van der Waals surface area contributed by atoms with Gasteiger partial charge < -0.3 is 14.2 Å². The van der Waals surface area contributed by atoms with Crippen LogP contribution in [0, 0.1) is 11.8 Å². The number of esters is 3. The van der Waals surface area contributed by atoms with Gasteiger partial charge in [-0.2, -0.15) is 0 Å². The second kappa shape index (κ2) is 30.7. The molecule has 1 aliphatic carbocycles. The Morgan fingerprint density at radius 3 is 1.26 bits per heavy atom. The molecular formula is C40H74O6.